The molecule has 3 rings (SSSR count). The standard InChI is InChI=1S/C12H12ClN3OS/c1-18-12-14-5-8-4-9(7-2-3-17-6-7)15-11(13)10(8)16-12/h4-5,7H,2-3,6H2,1H3. The lowest BCUT2D eigenvalue weighted by molar-refractivity contribution is 0.193. The Hall–Kier alpha value is -0.910. The van der Waals surface area contributed by atoms with E-state index in [9.17, 15) is 0 Å². The van der Waals surface area contributed by atoms with Gasteiger partial charge in [0.05, 0.1) is 6.61 Å². The number of nitrogens with zero attached hydrogens (tertiary/aromatic N) is 3. The summed E-state index contributed by atoms with van der Waals surface area (Å²) in [5.74, 6) is 0.340. The van der Waals surface area contributed by atoms with Crippen LogP contribution in [-0.2, 0) is 4.74 Å². The monoisotopic (exact) mass is 281 g/mol. The molecule has 1 atom stereocenters. The van der Waals surface area contributed by atoms with E-state index in [4.69, 9.17) is 16.3 Å². The third-order valence-electron chi connectivity index (χ3n) is 3.05. The average molecular weight is 282 g/mol. The van der Waals surface area contributed by atoms with Gasteiger partial charge in [0.25, 0.3) is 0 Å². The third kappa shape index (κ3) is 2.18. The molecule has 0 spiro atoms. The Bertz CT molecular complexity index is 587. The summed E-state index contributed by atoms with van der Waals surface area (Å²) in [5, 5.41) is 2.10. The van der Waals surface area contributed by atoms with Crippen LogP contribution in [0, 0.1) is 0 Å². The topological polar surface area (TPSA) is 47.9 Å². The number of hydrogen-bond donors (Lipinski definition) is 0. The van der Waals surface area contributed by atoms with Gasteiger partial charge in [-0.2, -0.15) is 0 Å². The predicted octanol–water partition coefficient (Wildman–Crippen LogP) is 2.90. The quantitative estimate of drug-likeness (QED) is 0.481. The van der Waals surface area contributed by atoms with Crippen molar-refractivity contribution in [2.75, 3.05) is 19.5 Å². The Morgan fingerprint density at radius 3 is 3.06 bits per heavy atom. The SMILES string of the molecule is CSc1ncc2cc(C3CCOC3)nc(Cl)c2n1. The van der Waals surface area contributed by atoms with Gasteiger partial charge in [0.1, 0.15) is 5.52 Å². The fourth-order valence-corrected chi connectivity index (χ4v) is 2.67. The first-order chi connectivity index (χ1) is 8.78. The average Bonchev–Trinajstić information content (AvgIpc) is 2.92. The molecule has 2 aromatic rings. The molecule has 0 amide bonds. The van der Waals surface area contributed by atoms with E-state index < -0.39 is 0 Å². The third-order valence-corrected chi connectivity index (χ3v) is 3.88. The molecule has 0 bridgehead atoms. The summed E-state index contributed by atoms with van der Waals surface area (Å²) < 4.78 is 5.38. The Kier molecular flexibility index (Phi) is 3.37. The molecule has 0 aliphatic carbocycles. The zero-order chi connectivity index (χ0) is 12.5. The largest absolute Gasteiger partial charge is 0.381 e. The Labute approximate surface area is 114 Å². The predicted molar refractivity (Wildman–Crippen MR) is 72.3 cm³/mol. The number of thioether (sulfide) groups is 1. The van der Waals surface area contributed by atoms with Gasteiger partial charge in [-0.1, -0.05) is 23.4 Å². The molecule has 4 nitrogen and oxygen atoms in total. The van der Waals surface area contributed by atoms with Crippen molar-refractivity contribution in [1.29, 1.82) is 0 Å². The molecule has 0 radical (unpaired) electrons. The van der Waals surface area contributed by atoms with E-state index in [0.717, 1.165) is 36.2 Å². The Morgan fingerprint density at radius 2 is 2.33 bits per heavy atom. The van der Waals surface area contributed by atoms with Crippen LogP contribution >= 0.6 is 23.4 Å². The molecule has 1 aliphatic heterocycles. The zero-order valence-electron chi connectivity index (χ0n) is 9.89. The van der Waals surface area contributed by atoms with Crippen molar-refractivity contribution in [2.45, 2.75) is 17.5 Å². The highest BCUT2D eigenvalue weighted by atomic mass is 35.5. The summed E-state index contributed by atoms with van der Waals surface area (Å²) in [5.41, 5.74) is 1.70. The van der Waals surface area contributed by atoms with E-state index in [2.05, 4.69) is 15.0 Å². The van der Waals surface area contributed by atoms with Gasteiger partial charge < -0.3 is 4.74 Å². The molecular weight excluding hydrogens is 270 g/mol. The van der Waals surface area contributed by atoms with Gasteiger partial charge in [-0.15, -0.1) is 0 Å². The second kappa shape index (κ2) is 4.99. The maximum atomic E-state index is 6.22. The molecule has 0 saturated carbocycles. The van der Waals surface area contributed by atoms with Crippen LogP contribution in [0.1, 0.15) is 18.0 Å². The van der Waals surface area contributed by atoms with Crippen molar-refractivity contribution in [2.24, 2.45) is 0 Å². The summed E-state index contributed by atoms with van der Waals surface area (Å²) >= 11 is 7.71. The van der Waals surface area contributed by atoms with Gasteiger partial charge in [-0.05, 0) is 18.7 Å². The lowest BCUT2D eigenvalue weighted by Gasteiger charge is -2.09. The molecule has 94 valence electrons. The molecule has 1 fully saturated rings. The molecule has 0 aromatic carbocycles. The van der Waals surface area contributed by atoms with Gasteiger partial charge in [-0.3, -0.25) is 0 Å². The minimum Gasteiger partial charge on any atom is -0.381 e. The number of ether oxygens (including phenoxy) is 1. The fraction of sp³-hybridized carbons (Fsp3) is 0.417. The molecule has 6 heteroatoms. The number of halogens is 1. The van der Waals surface area contributed by atoms with Crippen LogP contribution < -0.4 is 0 Å². The molecule has 1 saturated heterocycles. The number of hydrogen-bond acceptors (Lipinski definition) is 5. The van der Waals surface area contributed by atoms with Gasteiger partial charge in [-0.25, -0.2) is 15.0 Å². The first-order valence-corrected chi connectivity index (χ1v) is 7.33. The Balaban J connectivity index is 2.09. The van der Waals surface area contributed by atoms with E-state index in [1.165, 1.54) is 11.8 Å². The van der Waals surface area contributed by atoms with Gasteiger partial charge in [0.2, 0.25) is 0 Å². The van der Waals surface area contributed by atoms with E-state index >= 15 is 0 Å². The van der Waals surface area contributed by atoms with Gasteiger partial charge in [0.15, 0.2) is 10.3 Å². The van der Waals surface area contributed by atoms with Crippen molar-refractivity contribution in [3.05, 3.63) is 23.1 Å². The fourth-order valence-electron chi connectivity index (χ4n) is 2.08. The first kappa shape index (κ1) is 12.1. The van der Waals surface area contributed by atoms with Crippen LogP contribution in [0.4, 0.5) is 0 Å². The molecule has 18 heavy (non-hydrogen) atoms. The lowest BCUT2D eigenvalue weighted by Crippen LogP contribution is -2.02. The van der Waals surface area contributed by atoms with Crippen molar-refractivity contribution in [1.82, 2.24) is 15.0 Å². The van der Waals surface area contributed by atoms with Crippen LogP contribution in [0.3, 0.4) is 0 Å². The van der Waals surface area contributed by atoms with Crippen LogP contribution in [-0.4, -0.2) is 34.4 Å². The summed E-state index contributed by atoms with van der Waals surface area (Å²) in [6, 6.07) is 2.02. The second-order valence-corrected chi connectivity index (χ2v) is 5.32. The van der Waals surface area contributed by atoms with Crippen LogP contribution in [0.25, 0.3) is 10.9 Å². The molecule has 1 aliphatic rings. The lowest BCUT2D eigenvalue weighted by atomic mass is 10.0. The highest BCUT2D eigenvalue weighted by Crippen LogP contribution is 2.29. The number of aromatic nitrogens is 3. The van der Waals surface area contributed by atoms with E-state index in [1.54, 1.807) is 6.20 Å². The van der Waals surface area contributed by atoms with Crippen molar-refractivity contribution >= 4 is 34.3 Å². The second-order valence-electron chi connectivity index (χ2n) is 4.19. The molecule has 0 N–H and O–H groups in total. The van der Waals surface area contributed by atoms with Crippen LogP contribution in [0.2, 0.25) is 5.15 Å². The summed E-state index contributed by atoms with van der Waals surface area (Å²) in [6.07, 6.45) is 4.74. The highest BCUT2D eigenvalue weighted by molar-refractivity contribution is 7.98. The van der Waals surface area contributed by atoms with Crippen LogP contribution in [0.5, 0.6) is 0 Å². The molecule has 1 unspecified atom stereocenters. The summed E-state index contributed by atoms with van der Waals surface area (Å²) in [7, 11) is 0. The highest BCUT2D eigenvalue weighted by Gasteiger charge is 2.20. The molecule has 3 heterocycles. The maximum absolute atomic E-state index is 6.22. The van der Waals surface area contributed by atoms with Crippen molar-refractivity contribution < 1.29 is 4.74 Å². The van der Waals surface area contributed by atoms with Crippen molar-refractivity contribution in [3.63, 3.8) is 0 Å². The van der Waals surface area contributed by atoms with E-state index in [0.29, 0.717) is 16.2 Å². The first-order valence-electron chi connectivity index (χ1n) is 5.73. The minimum absolute atomic E-state index is 0.340. The van der Waals surface area contributed by atoms with Crippen LogP contribution in [0.15, 0.2) is 17.4 Å². The van der Waals surface area contributed by atoms with E-state index in [1.807, 2.05) is 12.3 Å². The van der Waals surface area contributed by atoms with Crippen molar-refractivity contribution in [3.8, 4) is 0 Å². The number of rotatable bonds is 2. The molecular formula is C12H12ClN3OS. The smallest absolute Gasteiger partial charge is 0.187 e. The summed E-state index contributed by atoms with van der Waals surface area (Å²) in [6.45, 7) is 1.52. The zero-order valence-corrected chi connectivity index (χ0v) is 11.5. The minimum atomic E-state index is 0.340. The Morgan fingerprint density at radius 1 is 1.44 bits per heavy atom. The van der Waals surface area contributed by atoms with Gasteiger partial charge >= 0.3 is 0 Å². The van der Waals surface area contributed by atoms with Gasteiger partial charge in [0, 0.05) is 29.8 Å². The normalized spacial score (nSPS) is 19.6. The van der Waals surface area contributed by atoms with E-state index in [-0.39, 0.29) is 0 Å². The molecule has 2 aromatic heterocycles. The number of fused-ring (bicyclic) bond motifs is 1. The number of pyridine rings is 1. The maximum Gasteiger partial charge on any atom is 0.187 e. The summed E-state index contributed by atoms with van der Waals surface area (Å²) in [4.78, 5) is 13.1.